The highest BCUT2D eigenvalue weighted by Gasteiger charge is 2.36. The van der Waals surface area contributed by atoms with Gasteiger partial charge in [-0.15, -0.1) is 0 Å². The van der Waals surface area contributed by atoms with Crippen molar-refractivity contribution in [3.63, 3.8) is 0 Å². The van der Waals surface area contributed by atoms with Crippen LogP contribution < -0.4 is 16.5 Å². The Morgan fingerprint density at radius 3 is 2.32 bits per heavy atom. The van der Waals surface area contributed by atoms with Gasteiger partial charge in [-0.1, -0.05) is 60.7 Å². The Morgan fingerprint density at radius 2 is 1.74 bits per heavy atom. The van der Waals surface area contributed by atoms with Crippen molar-refractivity contribution < 1.29 is 24.0 Å². The summed E-state index contributed by atoms with van der Waals surface area (Å²) < 4.78 is 6.00. The summed E-state index contributed by atoms with van der Waals surface area (Å²) in [4.78, 5) is 45.0. The molecule has 1 aliphatic rings. The van der Waals surface area contributed by atoms with Crippen molar-refractivity contribution in [3.05, 3.63) is 82.5 Å². The van der Waals surface area contributed by atoms with Gasteiger partial charge in [0, 0.05) is 0 Å². The van der Waals surface area contributed by atoms with Gasteiger partial charge in [0.25, 0.3) is 0 Å². The Kier molecular flexibility index (Phi) is 9.20. The van der Waals surface area contributed by atoms with Crippen LogP contribution in [0.25, 0.3) is 0 Å². The number of halogens is 1. The van der Waals surface area contributed by atoms with Gasteiger partial charge in [0.05, 0.1) is 12.6 Å². The molecule has 0 saturated carbocycles. The van der Waals surface area contributed by atoms with E-state index in [2.05, 4.69) is 26.7 Å². The van der Waals surface area contributed by atoms with Crippen molar-refractivity contribution in [1.29, 1.82) is 0 Å². The average Bonchev–Trinajstić information content (AvgIpc) is 3.27. The van der Waals surface area contributed by atoms with E-state index in [4.69, 9.17) is 15.3 Å². The molecule has 0 spiro atoms. The summed E-state index contributed by atoms with van der Waals surface area (Å²) in [5, 5.41) is 2.69. The maximum absolute atomic E-state index is 13.2. The Morgan fingerprint density at radius 1 is 1.12 bits per heavy atom. The molecule has 180 valence electrons. The maximum atomic E-state index is 13.2. The molecule has 3 atom stereocenters. The second-order valence-corrected chi connectivity index (χ2v) is 8.59. The lowest BCUT2D eigenvalue weighted by atomic mass is 10.0. The number of rotatable bonds is 9. The molecule has 34 heavy (non-hydrogen) atoms. The van der Waals surface area contributed by atoms with Gasteiger partial charge in [-0.25, -0.2) is 9.69 Å². The van der Waals surface area contributed by atoms with Crippen LogP contribution in [0.5, 0.6) is 0 Å². The monoisotopic (exact) mass is 530 g/mol. The van der Waals surface area contributed by atoms with Crippen LogP contribution in [-0.4, -0.2) is 47.5 Å². The first-order chi connectivity index (χ1) is 16.3. The van der Waals surface area contributed by atoms with Gasteiger partial charge in [0.2, 0.25) is 11.8 Å². The Bertz CT molecular complexity index is 1020. The van der Waals surface area contributed by atoms with Crippen molar-refractivity contribution in [2.75, 3.05) is 6.54 Å². The first-order valence-corrected chi connectivity index (χ1v) is 11.5. The lowest BCUT2D eigenvalue weighted by Crippen LogP contribution is -2.56. The van der Waals surface area contributed by atoms with Gasteiger partial charge >= 0.3 is 6.09 Å². The largest absolute Gasteiger partial charge is 0.444 e. The number of nitrogens with zero attached hydrogens (tertiary/aromatic N) is 1. The van der Waals surface area contributed by atoms with Gasteiger partial charge < -0.3 is 15.8 Å². The number of nitrogens with two attached hydrogens (primary N) is 1. The van der Waals surface area contributed by atoms with Crippen molar-refractivity contribution in [1.82, 2.24) is 15.7 Å². The van der Waals surface area contributed by atoms with Crippen LogP contribution >= 0.6 is 15.9 Å². The number of carbonyl (C=O) groups is 3. The van der Waals surface area contributed by atoms with Crippen LogP contribution in [0.2, 0.25) is 0 Å². The number of nitrogens with one attached hydrogen (secondary N) is 2. The van der Waals surface area contributed by atoms with Gasteiger partial charge in [0.15, 0.2) is 0 Å². The highest BCUT2D eigenvalue weighted by Crippen LogP contribution is 2.13. The molecule has 1 heterocycles. The minimum Gasteiger partial charge on any atom is -0.444 e. The second-order valence-electron chi connectivity index (χ2n) is 7.74. The van der Waals surface area contributed by atoms with E-state index in [1.54, 1.807) is 18.2 Å². The molecule has 0 bridgehead atoms. The molecule has 9 nitrogen and oxygen atoms in total. The lowest BCUT2D eigenvalue weighted by Gasteiger charge is -2.28. The lowest BCUT2D eigenvalue weighted by molar-refractivity contribution is -0.139. The zero-order valence-electron chi connectivity index (χ0n) is 18.6. The van der Waals surface area contributed by atoms with Gasteiger partial charge in [-0.2, -0.15) is 0 Å². The second kappa shape index (κ2) is 12.3. The number of amides is 3. The van der Waals surface area contributed by atoms with Gasteiger partial charge in [0.1, 0.15) is 23.4 Å². The smallest absolute Gasteiger partial charge is 0.417 e. The predicted octanol–water partition coefficient (Wildman–Crippen LogP) is 2.37. The molecule has 2 aromatic carbocycles. The summed E-state index contributed by atoms with van der Waals surface area (Å²) in [5.74, 6) is -1.25. The van der Waals surface area contributed by atoms with Crippen molar-refractivity contribution in [2.45, 2.75) is 38.1 Å². The maximum Gasteiger partial charge on any atom is 0.417 e. The number of carbonyl (C=O) groups excluding carboxylic acids is 3. The number of benzene rings is 2. The molecule has 0 saturated heterocycles. The molecule has 0 fully saturated rings. The number of imide groups is 1. The Hall–Kier alpha value is -3.21. The third-order valence-electron chi connectivity index (χ3n) is 5.14. The van der Waals surface area contributed by atoms with E-state index in [0.29, 0.717) is 4.61 Å². The van der Waals surface area contributed by atoms with E-state index < -0.39 is 36.1 Å². The Balaban J connectivity index is 1.70. The highest BCUT2D eigenvalue weighted by molar-refractivity contribution is 9.11. The van der Waals surface area contributed by atoms with Gasteiger partial charge in [-0.3, -0.25) is 19.9 Å². The third-order valence-corrected chi connectivity index (χ3v) is 5.57. The van der Waals surface area contributed by atoms with Gasteiger partial charge in [-0.05, 0) is 46.5 Å². The number of hydroxylamine groups is 1. The fraction of sp³-hybridized carbons (Fsp3) is 0.292. The van der Waals surface area contributed by atoms with Crippen LogP contribution in [0.3, 0.4) is 0 Å². The van der Waals surface area contributed by atoms with E-state index >= 15 is 0 Å². The van der Waals surface area contributed by atoms with Crippen molar-refractivity contribution in [2.24, 2.45) is 5.73 Å². The summed E-state index contributed by atoms with van der Waals surface area (Å²) in [7, 11) is 0. The first-order valence-electron chi connectivity index (χ1n) is 10.7. The zero-order valence-corrected chi connectivity index (χ0v) is 20.2. The highest BCUT2D eigenvalue weighted by atomic mass is 79.9. The summed E-state index contributed by atoms with van der Waals surface area (Å²) in [5.41, 5.74) is 10.4. The molecule has 4 N–H and O–H groups in total. The standard InChI is InChI=1S/C24H27BrN4O5/c1-16(22(30)27-14-19-13-21(25)28-34-19)29(24(32)33-15-18-10-6-3-7-11-18)23(31)20(26)12-17-8-4-2-5-9-17/h2-11,13,16,19-20,28H,12,14-15,26H2,1H3,(H,27,30)/t16-,19?,20-/m0/s1. The molecule has 3 rings (SSSR count). The van der Waals surface area contributed by atoms with Crippen molar-refractivity contribution in [3.8, 4) is 0 Å². The molecular weight excluding hydrogens is 504 g/mol. The normalized spacial score (nSPS) is 16.6. The minimum absolute atomic E-state index is 0.0495. The van der Waals surface area contributed by atoms with Crippen LogP contribution in [-0.2, 0) is 32.2 Å². The average molecular weight is 531 g/mol. The molecule has 0 radical (unpaired) electrons. The van der Waals surface area contributed by atoms with Crippen molar-refractivity contribution >= 4 is 33.8 Å². The van der Waals surface area contributed by atoms with E-state index in [-0.39, 0.29) is 19.6 Å². The van der Waals surface area contributed by atoms with Crippen LogP contribution in [0.4, 0.5) is 4.79 Å². The zero-order chi connectivity index (χ0) is 24.5. The van der Waals surface area contributed by atoms with E-state index in [9.17, 15) is 14.4 Å². The predicted molar refractivity (Wildman–Crippen MR) is 129 cm³/mol. The quantitative estimate of drug-likeness (QED) is 0.425. The van der Waals surface area contributed by atoms with E-state index in [0.717, 1.165) is 16.0 Å². The Labute approximate surface area is 206 Å². The topological polar surface area (TPSA) is 123 Å². The molecule has 1 aliphatic heterocycles. The molecule has 10 heteroatoms. The fourth-order valence-corrected chi connectivity index (χ4v) is 3.68. The van der Waals surface area contributed by atoms with E-state index in [1.165, 1.54) is 6.92 Å². The number of hydrogen-bond acceptors (Lipinski definition) is 7. The molecular formula is C24H27BrN4O5. The fourth-order valence-electron chi connectivity index (χ4n) is 3.29. The third kappa shape index (κ3) is 7.14. The molecule has 0 aromatic heterocycles. The molecule has 1 unspecified atom stereocenters. The van der Waals surface area contributed by atoms with E-state index in [1.807, 2.05) is 48.5 Å². The van der Waals surface area contributed by atoms with Crippen LogP contribution in [0.1, 0.15) is 18.1 Å². The molecule has 2 aromatic rings. The van der Waals surface area contributed by atoms with Crippen LogP contribution in [0.15, 0.2) is 71.3 Å². The number of hydrogen-bond donors (Lipinski definition) is 3. The summed E-state index contributed by atoms with van der Waals surface area (Å²) in [6.07, 6.45) is 0.593. The summed E-state index contributed by atoms with van der Waals surface area (Å²) in [6, 6.07) is 16.0. The molecule has 3 amide bonds. The molecule has 0 aliphatic carbocycles. The first kappa shape index (κ1) is 25.4. The SMILES string of the molecule is C[C@@H](C(=O)NCC1C=C(Br)NO1)N(C(=O)OCc1ccccc1)C(=O)[C@@H](N)Cc1ccccc1. The summed E-state index contributed by atoms with van der Waals surface area (Å²) in [6.45, 7) is 1.54. The minimum atomic E-state index is -1.15. The number of ether oxygens (including phenoxy) is 1. The van der Waals surface area contributed by atoms with Crippen LogP contribution in [0, 0.1) is 0 Å². The summed E-state index contributed by atoms with van der Waals surface area (Å²) >= 11 is 3.24.